The summed E-state index contributed by atoms with van der Waals surface area (Å²) < 4.78 is 48.2. The molecule has 7 rings (SSSR count). The highest BCUT2D eigenvalue weighted by Crippen LogP contribution is 2.46. The highest BCUT2D eigenvalue weighted by molar-refractivity contribution is 7.91. The van der Waals surface area contributed by atoms with E-state index in [1.54, 1.807) is 28.2 Å². The van der Waals surface area contributed by atoms with Crippen LogP contribution in [0.4, 0.5) is 0 Å². The van der Waals surface area contributed by atoms with Crippen molar-refractivity contribution in [1.29, 1.82) is 0 Å². The molecule has 0 amide bonds. The summed E-state index contributed by atoms with van der Waals surface area (Å²) in [4.78, 5) is 0.232. The van der Waals surface area contributed by atoms with Gasteiger partial charge in [0.1, 0.15) is 4.75 Å². The highest BCUT2D eigenvalue weighted by Gasteiger charge is 2.36. The monoisotopic (exact) mass is 726 g/mol. The largest absolute Gasteiger partial charge is 0.599 e. The van der Waals surface area contributed by atoms with E-state index in [0.717, 1.165) is 43.6 Å². The minimum atomic E-state index is -4.05. The zero-order valence-electron chi connectivity index (χ0n) is 28.9. The van der Waals surface area contributed by atoms with Crippen molar-refractivity contribution in [2.24, 2.45) is 0 Å². The number of nitrogens with one attached hydrogen (secondary N) is 1. The maximum Gasteiger partial charge on any atom is 0.275 e. The van der Waals surface area contributed by atoms with Gasteiger partial charge in [0.05, 0.1) is 10.4 Å². The molecular formula is C42H40BN2O3PS2. The summed E-state index contributed by atoms with van der Waals surface area (Å²) in [6.45, 7) is 5.87. The van der Waals surface area contributed by atoms with Gasteiger partial charge in [-0.25, -0.2) is 12.4 Å². The van der Waals surface area contributed by atoms with Gasteiger partial charge in [0.15, 0.2) is 0 Å². The van der Waals surface area contributed by atoms with E-state index < -0.39 is 34.1 Å². The quantitative estimate of drug-likeness (QED) is 0.0830. The summed E-state index contributed by atoms with van der Waals surface area (Å²) >= 11 is -1.36. The molecule has 1 aromatic heterocycles. The van der Waals surface area contributed by atoms with Gasteiger partial charge in [-0.15, -0.1) is 0 Å². The van der Waals surface area contributed by atoms with Gasteiger partial charge in [0.2, 0.25) is 0 Å². The average Bonchev–Trinajstić information content (AvgIpc) is 3.49. The van der Waals surface area contributed by atoms with E-state index in [1.165, 1.54) is 0 Å². The number of fused-ring (bicyclic) bond motifs is 2. The lowest BCUT2D eigenvalue weighted by Gasteiger charge is -2.27. The zero-order valence-corrected chi connectivity index (χ0v) is 31.5. The van der Waals surface area contributed by atoms with Gasteiger partial charge in [-0.3, -0.25) is 0 Å². The molecule has 1 N–H and O–H groups in total. The third-order valence-electron chi connectivity index (χ3n) is 9.22. The third-order valence-corrected chi connectivity index (χ3v) is 15.0. The summed E-state index contributed by atoms with van der Waals surface area (Å²) in [7, 11) is -4.75. The van der Waals surface area contributed by atoms with Gasteiger partial charge < -0.3 is 4.55 Å². The Balaban J connectivity index is 1.56. The molecule has 0 fully saturated rings. The van der Waals surface area contributed by atoms with E-state index in [4.69, 9.17) is 0 Å². The Kier molecular flexibility index (Phi) is 10.2. The van der Waals surface area contributed by atoms with Crippen LogP contribution in [0.3, 0.4) is 0 Å². The molecular weight excluding hydrogens is 686 g/mol. The molecule has 51 heavy (non-hydrogen) atoms. The van der Waals surface area contributed by atoms with Crippen molar-refractivity contribution in [2.45, 2.75) is 42.4 Å². The molecule has 6 aromatic carbocycles. The van der Waals surface area contributed by atoms with Crippen LogP contribution in [0.15, 0.2) is 163 Å². The minimum Gasteiger partial charge on any atom is -0.599 e. The predicted molar refractivity (Wildman–Crippen MR) is 218 cm³/mol. The van der Waals surface area contributed by atoms with Crippen molar-refractivity contribution in [3.05, 3.63) is 175 Å². The van der Waals surface area contributed by atoms with Crippen molar-refractivity contribution >= 4 is 69.0 Å². The lowest BCUT2D eigenvalue weighted by atomic mass is 9.66. The van der Waals surface area contributed by atoms with E-state index in [1.807, 2.05) is 75.4 Å². The molecule has 0 spiro atoms. The molecule has 9 heteroatoms. The molecule has 256 valence electrons. The van der Waals surface area contributed by atoms with Gasteiger partial charge in [0.25, 0.3) is 17.4 Å². The zero-order chi connectivity index (χ0) is 35.6. The fourth-order valence-corrected chi connectivity index (χ4v) is 11.6. The Morgan fingerprint density at radius 3 is 1.86 bits per heavy atom. The molecule has 1 heterocycles. The molecule has 2 atom stereocenters. The van der Waals surface area contributed by atoms with Crippen LogP contribution in [0.25, 0.3) is 21.7 Å². The summed E-state index contributed by atoms with van der Waals surface area (Å²) in [5.41, 5.74) is 3.35. The minimum absolute atomic E-state index is 0.232. The fourth-order valence-electron chi connectivity index (χ4n) is 6.79. The van der Waals surface area contributed by atoms with Crippen LogP contribution in [0.2, 0.25) is 0 Å². The Labute approximate surface area is 306 Å². The van der Waals surface area contributed by atoms with Crippen LogP contribution in [-0.2, 0) is 27.5 Å². The molecule has 5 nitrogen and oxygen atoms in total. The molecule has 0 saturated carbocycles. The van der Waals surface area contributed by atoms with Crippen molar-refractivity contribution in [3.8, 4) is 0 Å². The summed E-state index contributed by atoms with van der Waals surface area (Å²) in [5, 5.41) is 5.36. The Morgan fingerprint density at radius 1 is 0.706 bits per heavy atom. The van der Waals surface area contributed by atoms with E-state index in [-0.39, 0.29) is 10.7 Å². The molecule has 0 bridgehead atoms. The van der Waals surface area contributed by atoms with E-state index in [0.29, 0.717) is 19.1 Å². The fraction of sp³-hybridized carbons (Fsp3) is 0.143. The van der Waals surface area contributed by atoms with Crippen LogP contribution in [0, 0.1) is 0 Å². The van der Waals surface area contributed by atoms with E-state index in [9.17, 15) is 4.55 Å². The number of hydrogen-bond donors (Lipinski definition) is 1. The van der Waals surface area contributed by atoms with Crippen molar-refractivity contribution in [1.82, 2.24) is 8.61 Å². The van der Waals surface area contributed by atoms with Crippen molar-refractivity contribution in [2.75, 3.05) is 0 Å². The smallest absolute Gasteiger partial charge is 0.275 e. The van der Waals surface area contributed by atoms with E-state index >= 15 is 8.42 Å². The number of rotatable bonds is 11. The second-order valence-corrected chi connectivity index (χ2v) is 19.6. The number of aromatic nitrogens is 1. The first-order valence-corrected chi connectivity index (χ1v) is 21.2. The molecule has 0 aliphatic carbocycles. The van der Waals surface area contributed by atoms with Crippen molar-refractivity contribution < 1.29 is 13.0 Å². The van der Waals surface area contributed by atoms with Crippen molar-refractivity contribution in [3.63, 3.8) is 0 Å². The second kappa shape index (κ2) is 14.8. The molecule has 0 aliphatic rings. The maximum absolute atomic E-state index is 15.0. The van der Waals surface area contributed by atoms with Crippen LogP contribution in [-0.4, -0.2) is 29.1 Å². The molecule has 0 radical (unpaired) electrons. The summed E-state index contributed by atoms with van der Waals surface area (Å²) in [5.74, 6) is -0.335. The van der Waals surface area contributed by atoms with Crippen LogP contribution in [0.1, 0.15) is 43.4 Å². The van der Waals surface area contributed by atoms with Gasteiger partial charge >= 0.3 is 0 Å². The molecule has 2 unspecified atom stereocenters. The average molecular weight is 727 g/mol. The second-order valence-electron chi connectivity index (χ2n) is 13.6. The Morgan fingerprint density at radius 2 is 1.24 bits per heavy atom. The van der Waals surface area contributed by atoms with Gasteiger partial charge in [-0.05, 0) is 79.4 Å². The summed E-state index contributed by atoms with van der Waals surface area (Å²) in [6.07, 6.45) is 0.475. The first-order valence-electron chi connectivity index (χ1n) is 17.1. The van der Waals surface area contributed by atoms with E-state index in [2.05, 4.69) is 83.5 Å². The highest BCUT2D eigenvalue weighted by atomic mass is 32.2. The maximum atomic E-state index is 15.0. The SMILES string of the molecule is CC(C)(C)[S+]([O-])NBC(c1cccc2ccccc12)c1c(CP(c2ccccc2)c2ccccc2)n(S(=O)(=O)c2ccccc2)c2ccccc12. The molecule has 0 saturated heterocycles. The lowest BCUT2D eigenvalue weighted by Crippen LogP contribution is -2.43. The molecule has 0 aliphatic heterocycles. The number of nitrogens with zero attached hydrogens (tertiary/aromatic N) is 1. The standard InChI is InChI=1S/C42H40BN2O3PS2/c1-42(2,3)50(46)44-43-41(36-28-17-19-31-18-13-14-26-35(31)36)40-37-27-15-16-29-38(37)45(51(47,48)34-24-11-6-12-25-34)39(40)30-49(32-20-7-4-8-21-32)33-22-9-5-10-23-33/h4-29,41,43-44H,30H2,1-3H3. The lowest BCUT2D eigenvalue weighted by molar-refractivity contribution is 0.556. The normalized spacial score (nSPS) is 13.4. The molecule has 7 aromatic rings. The first kappa shape index (κ1) is 35.2. The Bertz CT molecular complexity index is 2340. The van der Waals surface area contributed by atoms with Crippen LogP contribution in [0.5, 0.6) is 0 Å². The van der Waals surface area contributed by atoms with Gasteiger partial charge in [-0.2, -0.15) is 4.63 Å². The topological polar surface area (TPSA) is 74.2 Å². The summed E-state index contributed by atoms with van der Waals surface area (Å²) in [6, 6.07) is 52.0. The number of benzene rings is 6. The number of para-hydroxylation sites is 1. The van der Waals surface area contributed by atoms with Gasteiger partial charge in [0, 0.05) is 34.4 Å². The van der Waals surface area contributed by atoms with Crippen LogP contribution < -0.4 is 15.2 Å². The first-order chi connectivity index (χ1) is 24.6. The Hall–Kier alpha value is -4.17. The predicted octanol–water partition coefficient (Wildman–Crippen LogP) is 8.16. The number of hydrogen-bond acceptors (Lipinski definition) is 4. The van der Waals surface area contributed by atoms with Crippen LogP contribution >= 0.6 is 7.92 Å². The third kappa shape index (κ3) is 7.17. The van der Waals surface area contributed by atoms with Gasteiger partial charge in [-0.1, -0.05) is 140 Å².